The molecule has 0 fully saturated rings. The SMILES string of the molecule is COc1cc(/C=C/C(=O)OCC(=O)NCCc2ccc3c(c2)OCCO3)cc(OC)c1OC. The van der Waals surface area contributed by atoms with Gasteiger partial charge in [-0.05, 0) is 47.9 Å². The van der Waals surface area contributed by atoms with Crippen LogP contribution in [0, 0.1) is 0 Å². The van der Waals surface area contributed by atoms with E-state index in [2.05, 4.69) is 5.32 Å². The summed E-state index contributed by atoms with van der Waals surface area (Å²) in [6, 6.07) is 9.06. The normalized spacial score (nSPS) is 12.2. The second-order valence-corrected chi connectivity index (χ2v) is 6.98. The summed E-state index contributed by atoms with van der Waals surface area (Å²) in [5.74, 6) is 1.77. The smallest absolute Gasteiger partial charge is 0.331 e. The lowest BCUT2D eigenvalue weighted by Gasteiger charge is -2.18. The van der Waals surface area contributed by atoms with Crippen LogP contribution < -0.4 is 29.0 Å². The van der Waals surface area contributed by atoms with Crippen molar-refractivity contribution in [2.75, 3.05) is 47.7 Å². The van der Waals surface area contributed by atoms with Crippen molar-refractivity contribution >= 4 is 18.0 Å². The number of hydrogen-bond donors (Lipinski definition) is 1. The van der Waals surface area contributed by atoms with E-state index in [0.29, 0.717) is 54.7 Å². The minimum absolute atomic E-state index is 0.375. The van der Waals surface area contributed by atoms with Crippen molar-refractivity contribution in [3.63, 3.8) is 0 Å². The van der Waals surface area contributed by atoms with E-state index in [4.69, 9.17) is 28.4 Å². The van der Waals surface area contributed by atoms with Crippen LogP contribution in [0.15, 0.2) is 36.4 Å². The van der Waals surface area contributed by atoms with Crippen molar-refractivity contribution in [1.82, 2.24) is 5.32 Å². The van der Waals surface area contributed by atoms with Crippen molar-refractivity contribution in [3.05, 3.63) is 47.5 Å². The van der Waals surface area contributed by atoms with E-state index in [9.17, 15) is 9.59 Å². The molecule has 9 heteroatoms. The molecule has 176 valence electrons. The molecule has 0 aliphatic carbocycles. The summed E-state index contributed by atoms with van der Waals surface area (Å²) in [6.45, 7) is 1.09. The highest BCUT2D eigenvalue weighted by Crippen LogP contribution is 2.38. The highest BCUT2D eigenvalue weighted by molar-refractivity contribution is 5.89. The topological polar surface area (TPSA) is 102 Å². The third-order valence-electron chi connectivity index (χ3n) is 4.79. The van der Waals surface area contributed by atoms with E-state index in [1.54, 1.807) is 12.1 Å². The van der Waals surface area contributed by atoms with Gasteiger partial charge in [0.25, 0.3) is 5.91 Å². The van der Waals surface area contributed by atoms with E-state index in [1.165, 1.54) is 33.5 Å². The van der Waals surface area contributed by atoms with Gasteiger partial charge in [0.05, 0.1) is 21.3 Å². The number of carbonyl (C=O) groups excluding carboxylic acids is 2. The predicted octanol–water partition coefficient (Wildman–Crippen LogP) is 2.40. The number of nitrogens with one attached hydrogen (secondary N) is 1. The summed E-state index contributed by atoms with van der Waals surface area (Å²) in [7, 11) is 4.52. The van der Waals surface area contributed by atoms with Gasteiger partial charge in [-0.2, -0.15) is 0 Å². The van der Waals surface area contributed by atoms with Gasteiger partial charge in [-0.3, -0.25) is 4.79 Å². The molecule has 3 rings (SSSR count). The molecule has 0 aromatic heterocycles. The summed E-state index contributed by atoms with van der Waals surface area (Å²) >= 11 is 0. The lowest BCUT2D eigenvalue weighted by Crippen LogP contribution is -2.30. The highest BCUT2D eigenvalue weighted by atomic mass is 16.6. The fraction of sp³-hybridized carbons (Fsp3) is 0.333. The first-order valence-corrected chi connectivity index (χ1v) is 10.3. The third kappa shape index (κ3) is 6.55. The quantitative estimate of drug-likeness (QED) is 0.429. The van der Waals surface area contributed by atoms with Crippen molar-refractivity contribution in [3.8, 4) is 28.7 Å². The first-order valence-electron chi connectivity index (χ1n) is 10.3. The maximum atomic E-state index is 12.0. The first-order chi connectivity index (χ1) is 16.0. The fourth-order valence-electron chi connectivity index (χ4n) is 3.19. The second-order valence-electron chi connectivity index (χ2n) is 6.98. The van der Waals surface area contributed by atoms with Crippen LogP contribution in [-0.2, 0) is 20.7 Å². The molecule has 0 unspecified atom stereocenters. The van der Waals surface area contributed by atoms with E-state index in [-0.39, 0.29) is 12.5 Å². The molecular formula is C24H27NO8. The largest absolute Gasteiger partial charge is 0.493 e. The Morgan fingerprint density at radius 2 is 1.67 bits per heavy atom. The van der Waals surface area contributed by atoms with Gasteiger partial charge in [0.2, 0.25) is 5.75 Å². The van der Waals surface area contributed by atoms with Gasteiger partial charge in [0, 0.05) is 12.6 Å². The molecule has 2 aromatic carbocycles. The molecule has 1 heterocycles. The van der Waals surface area contributed by atoms with E-state index in [1.807, 2.05) is 18.2 Å². The number of hydrogen-bond acceptors (Lipinski definition) is 8. The molecule has 0 bridgehead atoms. The van der Waals surface area contributed by atoms with Gasteiger partial charge in [0.15, 0.2) is 29.6 Å². The van der Waals surface area contributed by atoms with Crippen molar-refractivity contribution in [1.29, 1.82) is 0 Å². The Balaban J connectivity index is 1.44. The minimum atomic E-state index is -0.647. The number of fused-ring (bicyclic) bond motifs is 1. The van der Waals surface area contributed by atoms with E-state index in [0.717, 1.165) is 11.3 Å². The van der Waals surface area contributed by atoms with E-state index < -0.39 is 5.97 Å². The number of carbonyl (C=O) groups is 2. The average Bonchev–Trinajstić information content (AvgIpc) is 2.85. The monoisotopic (exact) mass is 457 g/mol. The van der Waals surface area contributed by atoms with Crippen LogP contribution in [0.2, 0.25) is 0 Å². The number of rotatable bonds is 10. The summed E-state index contributed by atoms with van der Waals surface area (Å²) < 4.78 is 31.9. The Kier molecular flexibility index (Phi) is 8.40. The third-order valence-corrected chi connectivity index (χ3v) is 4.79. The predicted molar refractivity (Wildman–Crippen MR) is 120 cm³/mol. The summed E-state index contributed by atoms with van der Waals surface area (Å²) in [5, 5.41) is 2.72. The maximum absolute atomic E-state index is 12.0. The molecule has 9 nitrogen and oxygen atoms in total. The Morgan fingerprint density at radius 3 is 2.33 bits per heavy atom. The van der Waals surface area contributed by atoms with Gasteiger partial charge in [0.1, 0.15) is 13.2 Å². The van der Waals surface area contributed by atoms with Crippen LogP contribution in [0.1, 0.15) is 11.1 Å². The summed E-state index contributed by atoms with van der Waals surface area (Å²) in [4.78, 5) is 24.0. The molecule has 1 aliphatic rings. The molecule has 33 heavy (non-hydrogen) atoms. The molecule has 0 saturated carbocycles. The Bertz CT molecular complexity index is 993. The summed E-state index contributed by atoms with van der Waals surface area (Å²) in [5.41, 5.74) is 1.65. The number of amides is 1. The number of methoxy groups -OCH3 is 3. The van der Waals surface area contributed by atoms with Gasteiger partial charge >= 0.3 is 5.97 Å². The van der Waals surface area contributed by atoms with Crippen molar-refractivity contribution in [2.45, 2.75) is 6.42 Å². The Labute approximate surface area is 192 Å². The van der Waals surface area contributed by atoms with E-state index >= 15 is 0 Å². The van der Waals surface area contributed by atoms with Crippen LogP contribution in [0.5, 0.6) is 28.7 Å². The Hall–Kier alpha value is -3.88. The molecule has 1 N–H and O–H groups in total. The molecule has 0 radical (unpaired) electrons. The molecule has 0 atom stereocenters. The lowest BCUT2D eigenvalue weighted by atomic mass is 10.1. The number of esters is 1. The van der Waals surface area contributed by atoms with Crippen LogP contribution in [-0.4, -0.2) is 59.6 Å². The van der Waals surface area contributed by atoms with Crippen molar-refractivity contribution < 1.29 is 38.0 Å². The molecular weight excluding hydrogens is 430 g/mol. The van der Waals surface area contributed by atoms with Gasteiger partial charge in [-0.25, -0.2) is 4.79 Å². The zero-order valence-corrected chi connectivity index (χ0v) is 18.8. The second kappa shape index (κ2) is 11.7. The van der Waals surface area contributed by atoms with Crippen molar-refractivity contribution in [2.24, 2.45) is 0 Å². The molecule has 1 amide bonds. The number of benzene rings is 2. The van der Waals surface area contributed by atoms with Gasteiger partial charge in [-0.1, -0.05) is 6.07 Å². The molecule has 1 aliphatic heterocycles. The minimum Gasteiger partial charge on any atom is -0.493 e. The number of ether oxygens (including phenoxy) is 6. The van der Waals surface area contributed by atoms with Crippen LogP contribution in [0.25, 0.3) is 6.08 Å². The fourth-order valence-corrected chi connectivity index (χ4v) is 3.19. The van der Waals surface area contributed by atoms with Gasteiger partial charge in [-0.15, -0.1) is 0 Å². The zero-order chi connectivity index (χ0) is 23.6. The van der Waals surface area contributed by atoms with Gasteiger partial charge < -0.3 is 33.7 Å². The lowest BCUT2D eigenvalue weighted by molar-refractivity contribution is -0.143. The maximum Gasteiger partial charge on any atom is 0.331 e. The highest BCUT2D eigenvalue weighted by Gasteiger charge is 2.13. The standard InChI is InChI=1S/C24H27NO8/c1-28-20-13-17(14-21(29-2)24(20)30-3)5-7-23(27)33-15-22(26)25-9-8-16-4-6-18-19(12-16)32-11-10-31-18/h4-7,12-14H,8-11,15H2,1-3H3,(H,25,26)/b7-5+. The molecule has 0 saturated heterocycles. The molecule has 0 spiro atoms. The summed E-state index contributed by atoms with van der Waals surface area (Å²) in [6.07, 6.45) is 3.37. The molecule has 2 aromatic rings. The zero-order valence-electron chi connectivity index (χ0n) is 18.8. The van der Waals surface area contributed by atoms with Crippen LogP contribution in [0.3, 0.4) is 0 Å². The Morgan fingerprint density at radius 1 is 0.970 bits per heavy atom. The average molecular weight is 457 g/mol. The van der Waals surface area contributed by atoms with Crippen LogP contribution >= 0.6 is 0 Å². The van der Waals surface area contributed by atoms with Crippen LogP contribution in [0.4, 0.5) is 0 Å². The first kappa shape index (κ1) is 23.8.